The van der Waals surface area contributed by atoms with Crippen LogP contribution in [0.2, 0.25) is 0 Å². The topological polar surface area (TPSA) is 98.4 Å². The lowest BCUT2D eigenvalue weighted by Gasteiger charge is -2.32. The summed E-state index contributed by atoms with van der Waals surface area (Å²) in [5.41, 5.74) is 0.874. The number of aromatic amines is 1. The van der Waals surface area contributed by atoms with Crippen LogP contribution >= 0.6 is 0 Å². The molecule has 0 saturated carbocycles. The van der Waals surface area contributed by atoms with Crippen LogP contribution in [-0.4, -0.2) is 72.6 Å². The number of likely N-dealkylation sites (N-methyl/N-ethyl adjacent to an activating group) is 1. The van der Waals surface area contributed by atoms with Crippen LogP contribution in [0.15, 0.2) is 42.7 Å². The van der Waals surface area contributed by atoms with Crippen molar-refractivity contribution < 1.29 is 13.2 Å². The third-order valence-corrected chi connectivity index (χ3v) is 6.05. The number of nitrogens with one attached hydrogen (secondary N) is 2. The standard InChI is InChI=1S/C17H23N5O3S/c1-21-9-11-22(12-10-21)26(24,25)20-15(13-14-5-3-2-4-6-14)16(23)17-18-7-8-19-17/h2-8,15,20H,9-13H2,1H3,(H,18,19)/t15-/m0/s1. The van der Waals surface area contributed by atoms with E-state index in [9.17, 15) is 13.2 Å². The second-order valence-corrected chi connectivity index (χ2v) is 8.07. The van der Waals surface area contributed by atoms with Crippen LogP contribution in [0.5, 0.6) is 0 Å². The Morgan fingerprint density at radius 3 is 2.54 bits per heavy atom. The molecule has 1 aliphatic heterocycles. The number of ketones is 1. The number of aromatic nitrogens is 2. The summed E-state index contributed by atoms with van der Waals surface area (Å²) in [6.45, 7) is 2.13. The van der Waals surface area contributed by atoms with Gasteiger partial charge in [-0.2, -0.15) is 17.4 Å². The molecule has 0 unspecified atom stereocenters. The van der Waals surface area contributed by atoms with Gasteiger partial charge in [-0.15, -0.1) is 0 Å². The molecule has 1 aromatic carbocycles. The second-order valence-electron chi connectivity index (χ2n) is 6.37. The number of piperazine rings is 1. The van der Waals surface area contributed by atoms with E-state index in [2.05, 4.69) is 19.6 Å². The fraction of sp³-hybridized carbons (Fsp3) is 0.412. The highest BCUT2D eigenvalue weighted by atomic mass is 32.2. The van der Waals surface area contributed by atoms with Crippen molar-refractivity contribution in [3.8, 4) is 0 Å². The second kappa shape index (κ2) is 8.09. The zero-order valence-corrected chi connectivity index (χ0v) is 15.4. The molecule has 140 valence electrons. The van der Waals surface area contributed by atoms with Gasteiger partial charge in [-0.25, -0.2) is 4.98 Å². The van der Waals surface area contributed by atoms with Crippen LogP contribution in [0.25, 0.3) is 0 Å². The maximum atomic E-state index is 12.8. The van der Waals surface area contributed by atoms with E-state index in [1.54, 1.807) is 6.20 Å². The van der Waals surface area contributed by atoms with Gasteiger partial charge in [-0.3, -0.25) is 4.79 Å². The van der Waals surface area contributed by atoms with Crippen molar-refractivity contribution in [2.75, 3.05) is 33.2 Å². The Balaban J connectivity index is 1.79. The van der Waals surface area contributed by atoms with Crippen LogP contribution in [0, 0.1) is 0 Å². The van der Waals surface area contributed by atoms with Gasteiger partial charge in [0.15, 0.2) is 5.82 Å². The van der Waals surface area contributed by atoms with Gasteiger partial charge >= 0.3 is 0 Å². The number of imidazole rings is 1. The van der Waals surface area contributed by atoms with E-state index in [0.717, 1.165) is 5.56 Å². The Morgan fingerprint density at radius 2 is 1.92 bits per heavy atom. The summed E-state index contributed by atoms with van der Waals surface area (Å²) in [6.07, 6.45) is 3.27. The number of Topliss-reactive ketones (excluding diaryl/α,β-unsaturated/α-hetero) is 1. The third kappa shape index (κ3) is 4.55. The van der Waals surface area contributed by atoms with E-state index in [1.165, 1.54) is 10.5 Å². The van der Waals surface area contributed by atoms with Gasteiger partial charge < -0.3 is 9.88 Å². The van der Waals surface area contributed by atoms with E-state index >= 15 is 0 Å². The van der Waals surface area contributed by atoms with Crippen molar-refractivity contribution in [3.05, 3.63) is 54.1 Å². The van der Waals surface area contributed by atoms with Crippen LogP contribution < -0.4 is 4.72 Å². The smallest absolute Gasteiger partial charge is 0.280 e. The van der Waals surface area contributed by atoms with Gasteiger partial charge in [-0.1, -0.05) is 30.3 Å². The molecule has 0 spiro atoms. The van der Waals surface area contributed by atoms with E-state index < -0.39 is 16.3 Å². The highest BCUT2D eigenvalue weighted by molar-refractivity contribution is 7.87. The maximum Gasteiger partial charge on any atom is 0.280 e. The van der Waals surface area contributed by atoms with Crippen LogP contribution in [-0.2, 0) is 16.6 Å². The molecular formula is C17H23N5O3S. The first-order chi connectivity index (χ1) is 12.5. The van der Waals surface area contributed by atoms with Crippen molar-refractivity contribution >= 4 is 16.0 Å². The first kappa shape index (κ1) is 18.7. The Morgan fingerprint density at radius 1 is 1.23 bits per heavy atom. The molecule has 2 aromatic rings. The molecule has 8 nitrogen and oxygen atoms in total. The minimum atomic E-state index is -3.77. The predicted octanol–water partition coefficient (Wildman–Crippen LogP) is 0.286. The molecule has 0 radical (unpaired) electrons. The fourth-order valence-corrected chi connectivity index (χ4v) is 4.23. The summed E-state index contributed by atoms with van der Waals surface area (Å²) in [7, 11) is -1.81. The van der Waals surface area contributed by atoms with E-state index in [0.29, 0.717) is 26.2 Å². The molecule has 2 N–H and O–H groups in total. The predicted molar refractivity (Wildman–Crippen MR) is 98.0 cm³/mol. The zero-order valence-electron chi connectivity index (χ0n) is 14.6. The molecule has 1 aromatic heterocycles. The summed E-state index contributed by atoms with van der Waals surface area (Å²) in [5, 5.41) is 0. The number of hydrogen-bond acceptors (Lipinski definition) is 5. The lowest BCUT2D eigenvalue weighted by atomic mass is 10.0. The lowest BCUT2D eigenvalue weighted by Crippen LogP contribution is -2.54. The Labute approximate surface area is 153 Å². The quantitative estimate of drug-likeness (QED) is 0.676. The first-order valence-electron chi connectivity index (χ1n) is 8.49. The van der Waals surface area contributed by atoms with E-state index in [1.807, 2.05) is 37.4 Å². The molecule has 1 fully saturated rings. The van der Waals surface area contributed by atoms with Gasteiger partial charge in [0.25, 0.3) is 10.2 Å². The van der Waals surface area contributed by atoms with Gasteiger partial charge in [-0.05, 0) is 19.0 Å². The van der Waals surface area contributed by atoms with E-state index in [4.69, 9.17) is 0 Å². The average Bonchev–Trinajstić information content (AvgIpc) is 3.16. The number of nitrogens with zero attached hydrogens (tertiary/aromatic N) is 3. The molecule has 9 heteroatoms. The van der Waals surface area contributed by atoms with Crippen molar-refractivity contribution in [1.29, 1.82) is 0 Å². The molecule has 26 heavy (non-hydrogen) atoms. The molecule has 1 atom stereocenters. The Kier molecular flexibility index (Phi) is 5.82. The van der Waals surface area contributed by atoms with Crippen molar-refractivity contribution in [2.24, 2.45) is 0 Å². The summed E-state index contributed by atoms with van der Waals surface area (Å²) in [4.78, 5) is 21.6. The van der Waals surface area contributed by atoms with Crippen molar-refractivity contribution in [2.45, 2.75) is 12.5 Å². The van der Waals surface area contributed by atoms with Gasteiger partial charge in [0.1, 0.15) is 0 Å². The minimum Gasteiger partial charge on any atom is -0.342 e. The third-order valence-electron chi connectivity index (χ3n) is 4.42. The van der Waals surface area contributed by atoms with E-state index in [-0.39, 0.29) is 18.0 Å². The van der Waals surface area contributed by atoms with Crippen LogP contribution in [0.4, 0.5) is 0 Å². The number of hydrogen-bond donors (Lipinski definition) is 2. The zero-order chi connectivity index (χ0) is 18.6. The lowest BCUT2D eigenvalue weighted by molar-refractivity contribution is 0.0942. The summed E-state index contributed by atoms with van der Waals surface area (Å²) in [6, 6.07) is 8.41. The Hall–Kier alpha value is -2.07. The van der Waals surface area contributed by atoms with Gasteiger partial charge in [0.2, 0.25) is 5.78 Å². The highest BCUT2D eigenvalue weighted by Gasteiger charge is 2.32. The number of carbonyl (C=O) groups excluding carboxylic acids is 1. The molecule has 1 saturated heterocycles. The first-order valence-corrected chi connectivity index (χ1v) is 9.93. The number of carbonyl (C=O) groups is 1. The maximum absolute atomic E-state index is 12.8. The monoisotopic (exact) mass is 377 g/mol. The largest absolute Gasteiger partial charge is 0.342 e. The summed E-state index contributed by atoms with van der Waals surface area (Å²) >= 11 is 0. The molecule has 2 heterocycles. The summed E-state index contributed by atoms with van der Waals surface area (Å²) < 4.78 is 29.5. The van der Waals surface area contributed by atoms with Crippen molar-refractivity contribution in [3.63, 3.8) is 0 Å². The SMILES string of the molecule is CN1CCN(S(=O)(=O)N[C@@H](Cc2ccccc2)C(=O)c2ncc[nH]2)CC1. The van der Waals surface area contributed by atoms with Crippen LogP contribution in [0.1, 0.15) is 16.2 Å². The molecular weight excluding hydrogens is 354 g/mol. The summed E-state index contributed by atoms with van der Waals surface area (Å²) in [5.74, 6) is -0.233. The van der Waals surface area contributed by atoms with Crippen LogP contribution in [0.3, 0.4) is 0 Å². The average molecular weight is 377 g/mol. The molecule has 1 aliphatic rings. The highest BCUT2D eigenvalue weighted by Crippen LogP contribution is 2.11. The molecule has 0 aliphatic carbocycles. The van der Waals surface area contributed by atoms with Gasteiger partial charge in [0.05, 0.1) is 6.04 Å². The normalized spacial score (nSPS) is 17.9. The number of H-pyrrole nitrogens is 1. The Bertz CT molecular complexity index is 815. The molecule has 0 bridgehead atoms. The minimum absolute atomic E-state index is 0.145. The fourth-order valence-electron chi connectivity index (χ4n) is 2.89. The van der Waals surface area contributed by atoms with Gasteiger partial charge in [0, 0.05) is 38.6 Å². The molecule has 3 rings (SSSR count). The number of rotatable bonds is 7. The number of benzene rings is 1. The molecule has 0 amide bonds. The van der Waals surface area contributed by atoms with Crippen molar-refractivity contribution in [1.82, 2.24) is 23.9 Å².